The van der Waals surface area contributed by atoms with Gasteiger partial charge in [0.15, 0.2) is 0 Å². The van der Waals surface area contributed by atoms with E-state index in [1.807, 2.05) is 60.7 Å². The Hall–Kier alpha value is -2.53. The van der Waals surface area contributed by atoms with Crippen LogP contribution in [0.5, 0.6) is 0 Å². The third-order valence-electron chi connectivity index (χ3n) is 4.62. The van der Waals surface area contributed by atoms with E-state index in [2.05, 4.69) is 15.6 Å². The Bertz CT molecular complexity index is 1110. The van der Waals surface area contributed by atoms with Gasteiger partial charge in [0.05, 0.1) is 12.1 Å². The summed E-state index contributed by atoms with van der Waals surface area (Å²) in [6, 6.07) is 19.4. The Kier molecular flexibility index (Phi) is 6.35. The largest absolute Gasteiger partial charge is 0.460 e. The molecule has 2 heterocycles. The van der Waals surface area contributed by atoms with Crippen LogP contribution in [0.4, 0.5) is 5.69 Å². The molecule has 29 heavy (non-hydrogen) atoms. The van der Waals surface area contributed by atoms with E-state index in [1.54, 1.807) is 6.20 Å². The maximum Gasteiger partial charge on any atom is 0.134 e. The van der Waals surface area contributed by atoms with E-state index >= 15 is 0 Å². The Morgan fingerprint density at radius 1 is 0.897 bits per heavy atom. The molecule has 4 aromatic rings. The van der Waals surface area contributed by atoms with Crippen molar-refractivity contribution in [3.05, 3.63) is 82.7 Å². The lowest BCUT2D eigenvalue weighted by molar-refractivity contribution is 0.492. The van der Waals surface area contributed by atoms with Gasteiger partial charge in [-0.3, -0.25) is 4.98 Å². The summed E-state index contributed by atoms with van der Waals surface area (Å²) >= 11 is 12.1. The molecule has 0 bridgehead atoms. The summed E-state index contributed by atoms with van der Waals surface area (Å²) in [7, 11) is 0. The summed E-state index contributed by atoms with van der Waals surface area (Å²) in [5, 5.41) is 9.38. The lowest BCUT2D eigenvalue weighted by Gasteiger charge is -2.10. The van der Waals surface area contributed by atoms with Crippen molar-refractivity contribution in [1.82, 2.24) is 10.3 Å². The zero-order valence-corrected chi connectivity index (χ0v) is 17.3. The molecule has 0 saturated heterocycles. The van der Waals surface area contributed by atoms with Gasteiger partial charge in [-0.05, 0) is 61.5 Å². The van der Waals surface area contributed by atoms with Gasteiger partial charge in [-0.2, -0.15) is 0 Å². The normalized spacial score (nSPS) is 11.1. The maximum atomic E-state index is 6.05. The number of nitrogens with zero attached hydrogens (tertiary/aromatic N) is 1. The van der Waals surface area contributed by atoms with Gasteiger partial charge in [-0.1, -0.05) is 35.3 Å². The van der Waals surface area contributed by atoms with E-state index in [9.17, 15) is 0 Å². The van der Waals surface area contributed by atoms with Crippen LogP contribution in [0.15, 0.2) is 71.3 Å². The van der Waals surface area contributed by atoms with Gasteiger partial charge in [0.1, 0.15) is 11.5 Å². The van der Waals surface area contributed by atoms with Crippen molar-refractivity contribution in [3.63, 3.8) is 0 Å². The lowest BCUT2D eigenvalue weighted by Crippen LogP contribution is -2.17. The highest BCUT2D eigenvalue weighted by Crippen LogP contribution is 2.25. The number of benzene rings is 2. The number of hydrogen-bond donors (Lipinski definition) is 2. The van der Waals surface area contributed by atoms with Crippen LogP contribution in [0.1, 0.15) is 12.2 Å². The molecule has 2 N–H and O–H groups in total. The second-order valence-electron chi connectivity index (χ2n) is 6.75. The van der Waals surface area contributed by atoms with Gasteiger partial charge < -0.3 is 15.1 Å². The van der Waals surface area contributed by atoms with Crippen LogP contribution < -0.4 is 10.6 Å². The van der Waals surface area contributed by atoms with Gasteiger partial charge in [0.2, 0.25) is 0 Å². The Labute approximate surface area is 179 Å². The quantitative estimate of drug-likeness (QED) is 0.321. The first-order valence-corrected chi connectivity index (χ1v) is 10.3. The fourth-order valence-corrected chi connectivity index (χ4v) is 3.55. The first kappa shape index (κ1) is 19.8. The minimum absolute atomic E-state index is 0.692. The Morgan fingerprint density at radius 3 is 2.69 bits per heavy atom. The summed E-state index contributed by atoms with van der Waals surface area (Å²) < 4.78 is 5.90. The van der Waals surface area contributed by atoms with E-state index in [4.69, 9.17) is 27.6 Å². The number of aromatic nitrogens is 1. The van der Waals surface area contributed by atoms with Gasteiger partial charge >= 0.3 is 0 Å². The molecule has 0 aliphatic carbocycles. The molecule has 0 aliphatic rings. The molecule has 4 rings (SSSR count). The van der Waals surface area contributed by atoms with Crippen molar-refractivity contribution in [3.8, 4) is 11.3 Å². The van der Waals surface area contributed by atoms with E-state index in [0.29, 0.717) is 16.6 Å². The Morgan fingerprint density at radius 2 is 1.79 bits per heavy atom. The molecule has 6 heteroatoms. The maximum absolute atomic E-state index is 6.05. The van der Waals surface area contributed by atoms with Gasteiger partial charge in [0, 0.05) is 39.4 Å². The van der Waals surface area contributed by atoms with Crippen LogP contribution in [-0.2, 0) is 6.54 Å². The van der Waals surface area contributed by atoms with Crippen molar-refractivity contribution < 1.29 is 4.42 Å². The minimum Gasteiger partial charge on any atom is -0.460 e. The number of anilines is 1. The summed E-state index contributed by atoms with van der Waals surface area (Å²) in [5.41, 5.74) is 2.96. The molecule has 148 valence electrons. The third kappa shape index (κ3) is 5.10. The molecule has 0 amide bonds. The molecule has 0 aliphatic heterocycles. The SMILES string of the molecule is Clc1cccc(-c2ccc(CNCCCNc3ccnc4cc(Cl)ccc34)o2)c1. The van der Waals surface area contributed by atoms with Crippen molar-refractivity contribution in [2.45, 2.75) is 13.0 Å². The van der Waals surface area contributed by atoms with Crippen molar-refractivity contribution in [2.75, 3.05) is 18.4 Å². The smallest absolute Gasteiger partial charge is 0.134 e. The average molecular weight is 426 g/mol. The highest BCUT2D eigenvalue weighted by atomic mass is 35.5. The van der Waals surface area contributed by atoms with Gasteiger partial charge in [-0.15, -0.1) is 0 Å². The van der Waals surface area contributed by atoms with Crippen LogP contribution in [0.2, 0.25) is 10.0 Å². The summed E-state index contributed by atoms with van der Waals surface area (Å²) in [4.78, 5) is 4.37. The van der Waals surface area contributed by atoms with Gasteiger partial charge in [0.25, 0.3) is 0 Å². The number of halogens is 2. The number of nitrogens with one attached hydrogen (secondary N) is 2. The molecule has 0 unspecified atom stereocenters. The highest BCUT2D eigenvalue weighted by molar-refractivity contribution is 6.31. The van der Waals surface area contributed by atoms with Gasteiger partial charge in [-0.25, -0.2) is 0 Å². The standard InChI is InChI=1S/C23H21Cl2N3O/c24-17-4-1-3-16(13-17)23-8-6-19(29-23)15-26-10-2-11-27-21-9-12-28-22-14-18(25)5-7-20(21)22/h1,3-9,12-14,26H,2,10-11,15H2,(H,27,28). The highest BCUT2D eigenvalue weighted by Gasteiger charge is 2.05. The van der Waals surface area contributed by atoms with E-state index in [0.717, 1.165) is 53.2 Å². The zero-order chi connectivity index (χ0) is 20.1. The van der Waals surface area contributed by atoms with E-state index < -0.39 is 0 Å². The number of pyridine rings is 1. The van der Waals surface area contributed by atoms with Crippen LogP contribution in [-0.4, -0.2) is 18.1 Å². The van der Waals surface area contributed by atoms with E-state index in [1.165, 1.54) is 0 Å². The minimum atomic E-state index is 0.692. The van der Waals surface area contributed by atoms with Crippen LogP contribution >= 0.6 is 23.2 Å². The molecular formula is C23H21Cl2N3O. The predicted molar refractivity (Wildman–Crippen MR) is 121 cm³/mol. The van der Waals surface area contributed by atoms with Crippen LogP contribution in [0, 0.1) is 0 Å². The molecule has 0 radical (unpaired) electrons. The first-order chi connectivity index (χ1) is 14.2. The number of fused-ring (bicyclic) bond motifs is 1. The van der Waals surface area contributed by atoms with Crippen molar-refractivity contribution in [1.29, 1.82) is 0 Å². The third-order valence-corrected chi connectivity index (χ3v) is 5.09. The molecular weight excluding hydrogens is 405 g/mol. The topological polar surface area (TPSA) is 50.1 Å². The molecule has 0 spiro atoms. The average Bonchev–Trinajstić information content (AvgIpc) is 3.19. The monoisotopic (exact) mass is 425 g/mol. The lowest BCUT2D eigenvalue weighted by atomic mass is 10.2. The summed E-state index contributed by atoms with van der Waals surface area (Å²) in [6.07, 6.45) is 2.78. The van der Waals surface area contributed by atoms with Crippen molar-refractivity contribution in [2.24, 2.45) is 0 Å². The Balaban J connectivity index is 1.23. The summed E-state index contributed by atoms with van der Waals surface area (Å²) in [5.74, 6) is 1.74. The van der Waals surface area contributed by atoms with Crippen LogP contribution in [0.25, 0.3) is 22.2 Å². The number of furan rings is 1. The fraction of sp³-hybridized carbons (Fsp3) is 0.174. The molecule has 0 saturated carbocycles. The van der Waals surface area contributed by atoms with Crippen molar-refractivity contribution >= 4 is 39.8 Å². The molecule has 0 fully saturated rings. The van der Waals surface area contributed by atoms with Crippen LogP contribution in [0.3, 0.4) is 0 Å². The fourth-order valence-electron chi connectivity index (χ4n) is 3.19. The second kappa shape index (κ2) is 9.31. The predicted octanol–water partition coefficient (Wildman–Crippen LogP) is 6.39. The second-order valence-corrected chi connectivity index (χ2v) is 7.63. The number of hydrogen-bond acceptors (Lipinski definition) is 4. The molecule has 4 nitrogen and oxygen atoms in total. The molecule has 2 aromatic carbocycles. The zero-order valence-electron chi connectivity index (χ0n) is 15.8. The van der Waals surface area contributed by atoms with E-state index in [-0.39, 0.29) is 0 Å². The summed E-state index contributed by atoms with van der Waals surface area (Å²) in [6.45, 7) is 2.44. The first-order valence-electron chi connectivity index (χ1n) is 9.52. The molecule has 2 aromatic heterocycles. The molecule has 0 atom stereocenters. The number of rotatable bonds is 8.